The second-order valence-corrected chi connectivity index (χ2v) is 3.76. The van der Waals surface area contributed by atoms with Crippen molar-refractivity contribution in [1.29, 1.82) is 0 Å². The molecule has 0 heterocycles. The van der Waals surface area contributed by atoms with Gasteiger partial charge in [-0.1, -0.05) is 36.4 Å². The first-order chi connectivity index (χ1) is 8.83. The van der Waals surface area contributed by atoms with Crippen molar-refractivity contribution in [1.82, 2.24) is 0 Å². The highest BCUT2D eigenvalue weighted by Crippen LogP contribution is 2.28. The van der Waals surface area contributed by atoms with Crippen molar-refractivity contribution >= 4 is 0 Å². The molecule has 0 bridgehead atoms. The molecule has 2 aromatic carbocycles. The molecule has 0 amide bonds. The highest BCUT2D eigenvalue weighted by Gasteiger charge is 2.04. The lowest BCUT2D eigenvalue weighted by Crippen LogP contribution is -1.97. The number of hydrogen-bond acceptors (Lipinski definition) is 2. The Balaban J connectivity index is 2.09. The fourth-order valence-electron chi connectivity index (χ4n) is 1.57. The van der Waals surface area contributed by atoms with Gasteiger partial charge in [-0.2, -0.15) is 0 Å². The Morgan fingerprint density at radius 2 is 1.88 bits per heavy atom. The minimum absolute atomic E-state index is 0.245. The Morgan fingerprint density at radius 3 is 2.59 bits per heavy atom. The maximum absolute atomic E-state index is 7.33. The smallest absolute Gasteiger partial charge is 0.161 e. The first kappa shape index (κ1) is 10.2. The van der Waals surface area contributed by atoms with Crippen molar-refractivity contribution in [3.8, 4) is 11.5 Å². The summed E-state index contributed by atoms with van der Waals surface area (Å²) < 4.78 is 18.3. The van der Waals surface area contributed by atoms with E-state index in [0.717, 1.165) is 11.1 Å². The summed E-state index contributed by atoms with van der Waals surface area (Å²) >= 11 is 0. The number of benzene rings is 2. The minimum atomic E-state index is 0.245. The normalized spacial score (nSPS) is 10.8. The minimum Gasteiger partial charge on any atom is -0.493 e. The van der Waals surface area contributed by atoms with Gasteiger partial charge in [-0.05, 0) is 30.2 Å². The zero-order chi connectivity index (χ0) is 12.8. The second kappa shape index (κ2) is 5.39. The predicted molar refractivity (Wildman–Crippen MR) is 68.5 cm³/mol. The fourth-order valence-corrected chi connectivity index (χ4v) is 1.57. The molecule has 0 N–H and O–H groups in total. The molecule has 0 fully saturated rings. The van der Waals surface area contributed by atoms with Crippen LogP contribution in [0.2, 0.25) is 0 Å². The Labute approximate surface area is 103 Å². The molecule has 2 aromatic rings. The van der Waals surface area contributed by atoms with Crippen LogP contribution in [-0.4, -0.2) is 7.11 Å². The van der Waals surface area contributed by atoms with Crippen LogP contribution in [0.4, 0.5) is 0 Å². The molecule has 2 nitrogen and oxygen atoms in total. The van der Waals surface area contributed by atoms with E-state index in [0.29, 0.717) is 18.1 Å². The lowest BCUT2D eigenvalue weighted by atomic mass is 10.2. The van der Waals surface area contributed by atoms with Crippen LogP contribution in [0.5, 0.6) is 11.5 Å². The third kappa shape index (κ3) is 3.00. The summed E-state index contributed by atoms with van der Waals surface area (Å²) in [6.45, 7) is 0.757. The standard InChI is InChI=1S/C15H16O2/c1-12-8-9-14(15(10-12)16-2)17-11-13-6-4-3-5-7-13/h3-10H,11H2,1-2H3/i1D. The molecule has 0 radical (unpaired) electrons. The molecule has 0 aliphatic heterocycles. The van der Waals surface area contributed by atoms with Gasteiger partial charge in [-0.15, -0.1) is 0 Å². The Morgan fingerprint density at radius 1 is 1.06 bits per heavy atom. The molecule has 2 rings (SSSR count). The molecule has 0 unspecified atom stereocenters. The summed E-state index contributed by atoms with van der Waals surface area (Å²) in [5.41, 5.74) is 2.03. The summed E-state index contributed by atoms with van der Waals surface area (Å²) in [7, 11) is 1.61. The molecule has 0 aromatic heterocycles. The van der Waals surface area contributed by atoms with E-state index in [4.69, 9.17) is 10.8 Å². The number of methoxy groups -OCH3 is 1. The Bertz CT molecular complexity index is 497. The van der Waals surface area contributed by atoms with Crippen LogP contribution in [0, 0.1) is 6.90 Å². The van der Waals surface area contributed by atoms with E-state index in [1.165, 1.54) is 0 Å². The van der Waals surface area contributed by atoms with Gasteiger partial charge in [0.2, 0.25) is 0 Å². The highest BCUT2D eigenvalue weighted by atomic mass is 16.5. The fraction of sp³-hybridized carbons (Fsp3) is 0.200. The van der Waals surface area contributed by atoms with E-state index in [1.807, 2.05) is 48.5 Å². The van der Waals surface area contributed by atoms with Crippen LogP contribution in [0.15, 0.2) is 48.5 Å². The lowest BCUT2D eigenvalue weighted by molar-refractivity contribution is 0.284. The molecule has 0 aliphatic rings. The quantitative estimate of drug-likeness (QED) is 0.797. The zero-order valence-electron chi connectivity index (χ0n) is 10.8. The van der Waals surface area contributed by atoms with Gasteiger partial charge < -0.3 is 9.47 Å². The molecule has 2 heteroatoms. The molecule has 17 heavy (non-hydrogen) atoms. The summed E-state index contributed by atoms with van der Waals surface area (Å²) in [4.78, 5) is 0. The topological polar surface area (TPSA) is 18.5 Å². The van der Waals surface area contributed by atoms with Crippen molar-refractivity contribution in [2.75, 3.05) is 7.11 Å². The second-order valence-electron chi connectivity index (χ2n) is 3.76. The predicted octanol–water partition coefficient (Wildman–Crippen LogP) is 3.58. The van der Waals surface area contributed by atoms with E-state index in [-0.39, 0.29) is 6.90 Å². The third-order valence-corrected chi connectivity index (χ3v) is 2.47. The van der Waals surface area contributed by atoms with Crippen LogP contribution < -0.4 is 9.47 Å². The molecule has 88 valence electrons. The van der Waals surface area contributed by atoms with E-state index in [9.17, 15) is 0 Å². The van der Waals surface area contributed by atoms with E-state index < -0.39 is 0 Å². The van der Waals surface area contributed by atoms with Crippen LogP contribution in [0.1, 0.15) is 12.5 Å². The van der Waals surface area contributed by atoms with Crippen molar-refractivity contribution in [2.24, 2.45) is 0 Å². The maximum atomic E-state index is 7.33. The Hall–Kier alpha value is -1.96. The first-order valence-electron chi connectivity index (χ1n) is 6.17. The van der Waals surface area contributed by atoms with Crippen molar-refractivity contribution in [3.63, 3.8) is 0 Å². The largest absolute Gasteiger partial charge is 0.493 e. The average Bonchev–Trinajstić information content (AvgIpc) is 2.46. The van der Waals surface area contributed by atoms with Crippen LogP contribution >= 0.6 is 0 Å². The van der Waals surface area contributed by atoms with Gasteiger partial charge in [-0.25, -0.2) is 0 Å². The number of hydrogen-bond donors (Lipinski definition) is 0. The molecule has 0 atom stereocenters. The summed E-state index contributed by atoms with van der Waals surface area (Å²) in [5, 5.41) is 0. The van der Waals surface area contributed by atoms with E-state index in [2.05, 4.69) is 0 Å². The van der Waals surface area contributed by atoms with Gasteiger partial charge in [-0.3, -0.25) is 0 Å². The summed E-state index contributed by atoms with van der Waals surface area (Å²) in [6, 6.07) is 15.6. The average molecular weight is 229 g/mol. The highest BCUT2D eigenvalue weighted by molar-refractivity contribution is 5.42. The number of aryl methyl sites for hydroxylation is 1. The molecule has 0 spiro atoms. The van der Waals surface area contributed by atoms with Crippen LogP contribution in [0.3, 0.4) is 0 Å². The number of ether oxygens (including phenoxy) is 2. The van der Waals surface area contributed by atoms with Crippen LogP contribution in [0.25, 0.3) is 0 Å². The van der Waals surface area contributed by atoms with Crippen molar-refractivity contribution in [2.45, 2.75) is 13.5 Å². The third-order valence-electron chi connectivity index (χ3n) is 2.47. The zero-order valence-corrected chi connectivity index (χ0v) is 9.85. The number of rotatable bonds is 4. The summed E-state index contributed by atoms with van der Waals surface area (Å²) in [5.74, 6) is 1.38. The molecule has 0 saturated heterocycles. The van der Waals surface area contributed by atoms with Gasteiger partial charge in [0.05, 0.1) is 7.11 Å². The first-order valence-corrected chi connectivity index (χ1v) is 5.46. The van der Waals surface area contributed by atoms with Gasteiger partial charge in [0.1, 0.15) is 6.61 Å². The molecule has 0 saturated carbocycles. The van der Waals surface area contributed by atoms with E-state index >= 15 is 0 Å². The lowest BCUT2D eigenvalue weighted by Gasteiger charge is -2.11. The monoisotopic (exact) mass is 229 g/mol. The Kier molecular flexibility index (Phi) is 3.24. The molecular weight excluding hydrogens is 212 g/mol. The van der Waals surface area contributed by atoms with Crippen molar-refractivity contribution in [3.05, 3.63) is 59.7 Å². The van der Waals surface area contributed by atoms with Gasteiger partial charge in [0.25, 0.3) is 0 Å². The van der Waals surface area contributed by atoms with Gasteiger partial charge in [0.15, 0.2) is 11.5 Å². The maximum Gasteiger partial charge on any atom is 0.161 e. The summed E-state index contributed by atoms with van der Waals surface area (Å²) in [6.07, 6.45) is 0. The molecular formula is C15H16O2. The van der Waals surface area contributed by atoms with E-state index in [1.54, 1.807) is 7.11 Å². The molecule has 0 aliphatic carbocycles. The van der Waals surface area contributed by atoms with Crippen molar-refractivity contribution < 1.29 is 10.8 Å². The van der Waals surface area contributed by atoms with Gasteiger partial charge in [0, 0.05) is 1.37 Å². The SMILES string of the molecule is [2H]Cc1ccc(OCc2ccccc2)c(OC)c1. The van der Waals surface area contributed by atoms with Gasteiger partial charge >= 0.3 is 0 Å². The van der Waals surface area contributed by atoms with Crippen LogP contribution in [-0.2, 0) is 6.61 Å².